The molecule has 0 amide bonds. The molecule has 0 aliphatic heterocycles. The van der Waals surface area contributed by atoms with Gasteiger partial charge in [0.2, 0.25) is 0 Å². The molecular formula is C13H17NOS. The quantitative estimate of drug-likeness (QED) is 0.798. The summed E-state index contributed by atoms with van der Waals surface area (Å²) in [5, 5.41) is 0.715. The Hall–Kier alpha value is -0.800. The zero-order valence-electron chi connectivity index (χ0n) is 9.32. The number of hydrogen-bond donors (Lipinski definition) is 1. The van der Waals surface area contributed by atoms with Crippen molar-refractivity contribution in [3.05, 3.63) is 29.8 Å². The van der Waals surface area contributed by atoms with Gasteiger partial charge in [0.05, 0.1) is 0 Å². The number of nitrogens with two attached hydrogens (primary N) is 1. The van der Waals surface area contributed by atoms with Crippen LogP contribution in [0.1, 0.15) is 36.0 Å². The number of benzene rings is 1. The summed E-state index contributed by atoms with van der Waals surface area (Å²) in [6.07, 6.45) is 4.34. The van der Waals surface area contributed by atoms with E-state index in [0.717, 1.165) is 10.5 Å². The van der Waals surface area contributed by atoms with Crippen LogP contribution >= 0.6 is 11.8 Å². The Bertz CT molecular complexity index is 374. The van der Waals surface area contributed by atoms with E-state index in [1.54, 1.807) is 0 Å². The molecule has 16 heavy (non-hydrogen) atoms. The van der Waals surface area contributed by atoms with Gasteiger partial charge in [-0.25, -0.2) is 0 Å². The van der Waals surface area contributed by atoms with Gasteiger partial charge in [-0.05, 0) is 25.5 Å². The van der Waals surface area contributed by atoms with Gasteiger partial charge in [-0.15, -0.1) is 11.8 Å². The predicted molar refractivity (Wildman–Crippen MR) is 67.9 cm³/mol. The average Bonchev–Trinajstić information content (AvgIpc) is 2.24. The van der Waals surface area contributed by atoms with Crippen LogP contribution in [0.2, 0.25) is 0 Å². The van der Waals surface area contributed by atoms with Crippen LogP contribution < -0.4 is 5.73 Å². The van der Waals surface area contributed by atoms with Crippen LogP contribution in [0.3, 0.4) is 0 Å². The first-order valence-corrected chi connectivity index (χ1v) is 6.68. The van der Waals surface area contributed by atoms with E-state index in [1.165, 1.54) is 19.3 Å². The highest BCUT2D eigenvalue weighted by atomic mass is 32.2. The fourth-order valence-electron chi connectivity index (χ4n) is 1.73. The second-order valence-corrected chi connectivity index (χ2v) is 5.47. The minimum Gasteiger partial charge on any atom is -0.330 e. The Kier molecular flexibility index (Phi) is 4.02. The molecule has 0 unspecified atom stereocenters. The lowest BCUT2D eigenvalue weighted by Crippen LogP contribution is -2.14. The highest BCUT2D eigenvalue weighted by Gasteiger charge is 2.20. The molecular weight excluding hydrogens is 218 g/mol. The number of ketones is 1. The molecule has 1 aliphatic rings. The van der Waals surface area contributed by atoms with Crippen LogP contribution in [-0.4, -0.2) is 17.6 Å². The van der Waals surface area contributed by atoms with E-state index in [1.807, 2.05) is 36.0 Å². The molecule has 3 heteroatoms. The third kappa shape index (κ3) is 2.66. The summed E-state index contributed by atoms with van der Waals surface area (Å²) in [7, 11) is 0. The smallest absolute Gasteiger partial charge is 0.165 e. The molecule has 2 rings (SSSR count). The van der Waals surface area contributed by atoms with Crippen molar-refractivity contribution in [2.45, 2.75) is 35.8 Å². The van der Waals surface area contributed by atoms with E-state index in [9.17, 15) is 4.79 Å². The first kappa shape index (κ1) is 11.7. The maximum Gasteiger partial charge on any atom is 0.165 e. The fraction of sp³-hybridized carbons (Fsp3) is 0.462. The Morgan fingerprint density at radius 2 is 2.12 bits per heavy atom. The second kappa shape index (κ2) is 5.51. The van der Waals surface area contributed by atoms with Crippen molar-refractivity contribution in [2.24, 2.45) is 5.73 Å². The molecule has 0 saturated heterocycles. The van der Waals surface area contributed by atoms with Gasteiger partial charge in [0.1, 0.15) is 0 Å². The van der Waals surface area contributed by atoms with Gasteiger partial charge in [-0.3, -0.25) is 4.79 Å². The van der Waals surface area contributed by atoms with Crippen molar-refractivity contribution in [3.8, 4) is 0 Å². The molecule has 0 radical (unpaired) electrons. The molecule has 0 spiro atoms. The minimum atomic E-state index is 0.171. The monoisotopic (exact) mass is 235 g/mol. The van der Waals surface area contributed by atoms with Crippen molar-refractivity contribution in [1.82, 2.24) is 0 Å². The van der Waals surface area contributed by atoms with Gasteiger partial charge in [0.15, 0.2) is 5.78 Å². The molecule has 1 aliphatic carbocycles. The summed E-state index contributed by atoms with van der Waals surface area (Å²) in [6.45, 7) is 0.432. The Balaban J connectivity index is 2.12. The molecule has 2 N–H and O–H groups in total. The van der Waals surface area contributed by atoms with Gasteiger partial charge >= 0.3 is 0 Å². The summed E-state index contributed by atoms with van der Waals surface area (Å²) < 4.78 is 0. The SMILES string of the molecule is NCCC(=O)c1ccccc1SC1CCC1. The summed E-state index contributed by atoms with van der Waals surface area (Å²) in [6, 6.07) is 7.89. The van der Waals surface area contributed by atoms with Crippen LogP contribution in [0, 0.1) is 0 Å². The molecule has 0 aromatic heterocycles. The summed E-state index contributed by atoms with van der Waals surface area (Å²) in [5.74, 6) is 0.171. The molecule has 0 atom stereocenters. The van der Waals surface area contributed by atoms with E-state index in [-0.39, 0.29) is 5.78 Å². The molecule has 1 aromatic rings. The zero-order valence-corrected chi connectivity index (χ0v) is 10.1. The lowest BCUT2D eigenvalue weighted by Gasteiger charge is -2.25. The first-order valence-electron chi connectivity index (χ1n) is 5.80. The maximum absolute atomic E-state index is 11.9. The molecule has 1 saturated carbocycles. The van der Waals surface area contributed by atoms with E-state index >= 15 is 0 Å². The third-order valence-corrected chi connectivity index (χ3v) is 4.32. The van der Waals surface area contributed by atoms with E-state index in [0.29, 0.717) is 18.2 Å². The topological polar surface area (TPSA) is 43.1 Å². The minimum absolute atomic E-state index is 0.171. The van der Waals surface area contributed by atoms with Gasteiger partial charge in [-0.2, -0.15) is 0 Å². The zero-order chi connectivity index (χ0) is 11.4. The normalized spacial score (nSPS) is 15.8. The number of carbonyl (C=O) groups excluding carboxylic acids is 1. The molecule has 1 aromatic carbocycles. The lowest BCUT2D eigenvalue weighted by atomic mass is 10.00. The number of Topliss-reactive ketones (excluding diaryl/α,β-unsaturated/α-hetero) is 1. The van der Waals surface area contributed by atoms with Crippen LogP contribution in [0.4, 0.5) is 0 Å². The number of carbonyl (C=O) groups is 1. The Labute approximate surface area is 101 Å². The molecule has 2 nitrogen and oxygen atoms in total. The van der Waals surface area contributed by atoms with Crippen LogP contribution in [0.15, 0.2) is 29.2 Å². The van der Waals surface area contributed by atoms with Crippen molar-refractivity contribution in [1.29, 1.82) is 0 Å². The molecule has 1 fully saturated rings. The van der Waals surface area contributed by atoms with Crippen molar-refractivity contribution in [3.63, 3.8) is 0 Å². The van der Waals surface area contributed by atoms with Gasteiger partial charge in [-0.1, -0.05) is 24.6 Å². The number of thioether (sulfide) groups is 1. The Morgan fingerprint density at radius 3 is 2.75 bits per heavy atom. The van der Waals surface area contributed by atoms with Crippen molar-refractivity contribution >= 4 is 17.5 Å². The highest BCUT2D eigenvalue weighted by Crippen LogP contribution is 2.37. The Morgan fingerprint density at radius 1 is 1.38 bits per heavy atom. The first-order chi connectivity index (χ1) is 7.81. The van der Waals surface area contributed by atoms with Crippen LogP contribution in [-0.2, 0) is 0 Å². The van der Waals surface area contributed by atoms with Gasteiger partial charge < -0.3 is 5.73 Å². The van der Waals surface area contributed by atoms with Crippen molar-refractivity contribution < 1.29 is 4.79 Å². The van der Waals surface area contributed by atoms with E-state index in [2.05, 4.69) is 0 Å². The van der Waals surface area contributed by atoms with Gasteiger partial charge in [0, 0.05) is 22.1 Å². The predicted octanol–water partition coefficient (Wildman–Crippen LogP) is 2.86. The number of hydrogen-bond acceptors (Lipinski definition) is 3. The summed E-state index contributed by atoms with van der Waals surface area (Å²) in [5.41, 5.74) is 6.28. The number of rotatable bonds is 5. The molecule has 0 heterocycles. The van der Waals surface area contributed by atoms with Crippen molar-refractivity contribution in [2.75, 3.05) is 6.54 Å². The van der Waals surface area contributed by atoms with Gasteiger partial charge in [0.25, 0.3) is 0 Å². The summed E-state index contributed by atoms with van der Waals surface area (Å²) in [4.78, 5) is 13.0. The summed E-state index contributed by atoms with van der Waals surface area (Å²) >= 11 is 1.85. The molecule has 0 bridgehead atoms. The fourth-order valence-corrected chi connectivity index (χ4v) is 3.13. The van der Waals surface area contributed by atoms with E-state index < -0.39 is 0 Å². The largest absolute Gasteiger partial charge is 0.330 e. The maximum atomic E-state index is 11.9. The van der Waals surface area contributed by atoms with E-state index in [4.69, 9.17) is 5.73 Å². The lowest BCUT2D eigenvalue weighted by molar-refractivity contribution is 0.0982. The standard InChI is InChI=1S/C13H17NOS/c14-9-8-12(15)11-6-1-2-7-13(11)16-10-4-3-5-10/h1-2,6-7,10H,3-5,8-9,14H2. The van der Waals surface area contributed by atoms with Crippen LogP contribution in [0.25, 0.3) is 0 Å². The third-order valence-electron chi connectivity index (χ3n) is 2.90. The second-order valence-electron chi connectivity index (χ2n) is 4.13. The molecule has 86 valence electrons. The average molecular weight is 235 g/mol. The highest BCUT2D eigenvalue weighted by molar-refractivity contribution is 8.00. The van der Waals surface area contributed by atoms with Crippen LogP contribution in [0.5, 0.6) is 0 Å².